The van der Waals surface area contributed by atoms with Gasteiger partial charge in [-0.25, -0.2) is 13.8 Å². The van der Waals surface area contributed by atoms with Gasteiger partial charge in [0.25, 0.3) is 5.91 Å². The third-order valence-electron chi connectivity index (χ3n) is 6.05. The van der Waals surface area contributed by atoms with Crippen LogP contribution < -0.4 is 5.32 Å². The molecule has 1 aliphatic rings. The first-order valence-electron chi connectivity index (χ1n) is 11.1. The normalized spacial score (nSPS) is 14.4. The molecular formula is C26H28F2N4O. The highest BCUT2D eigenvalue weighted by Gasteiger charge is 2.29. The summed E-state index contributed by atoms with van der Waals surface area (Å²) in [7, 11) is 0. The quantitative estimate of drug-likeness (QED) is 0.528. The van der Waals surface area contributed by atoms with Crippen molar-refractivity contribution in [2.45, 2.75) is 52.6 Å². The first-order chi connectivity index (χ1) is 15.6. The number of carbonyl (C=O) groups is 1. The van der Waals surface area contributed by atoms with E-state index < -0.39 is 17.7 Å². The monoisotopic (exact) mass is 450 g/mol. The minimum Gasteiger partial charge on any atom is -0.363 e. The third-order valence-corrected chi connectivity index (χ3v) is 6.05. The highest BCUT2D eigenvalue weighted by atomic mass is 19.1. The average Bonchev–Trinajstić information content (AvgIpc) is 3.11. The predicted molar refractivity (Wildman–Crippen MR) is 125 cm³/mol. The summed E-state index contributed by atoms with van der Waals surface area (Å²) in [4.78, 5) is 22.9. The van der Waals surface area contributed by atoms with Crippen molar-refractivity contribution in [1.29, 1.82) is 0 Å². The summed E-state index contributed by atoms with van der Waals surface area (Å²) in [6.45, 7) is 10.8. The highest BCUT2D eigenvalue weighted by Crippen LogP contribution is 2.33. The number of amides is 1. The molecule has 5 nitrogen and oxygen atoms in total. The Labute approximate surface area is 192 Å². The minimum absolute atomic E-state index is 0.0424. The summed E-state index contributed by atoms with van der Waals surface area (Å²) in [6, 6.07) is 7.08. The van der Waals surface area contributed by atoms with Crippen molar-refractivity contribution in [3.63, 3.8) is 0 Å². The first-order valence-corrected chi connectivity index (χ1v) is 11.1. The van der Waals surface area contributed by atoms with E-state index >= 15 is 8.78 Å². The molecule has 0 bridgehead atoms. The molecule has 3 heterocycles. The summed E-state index contributed by atoms with van der Waals surface area (Å²) >= 11 is 0. The van der Waals surface area contributed by atoms with Crippen LogP contribution in [0.2, 0.25) is 0 Å². The second kappa shape index (κ2) is 8.54. The molecule has 1 aromatic carbocycles. The number of nitrogens with one attached hydrogen (secondary N) is 1. The van der Waals surface area contributed by atoms with Crippen LogP contribution in [0.5, 0.6) is 0 Å². The molecule has 0 spiro atoms. The van der Waals surface area contributed by atoms with Crippen LogP contribution in [-0.2, 0) is 12.0 Å². The number of anilines is 1. The van der Waals surface area contributed by atoms with Crippen LogP contribution in [0, 0.1) is 11.6 Å². The molecule has 33 heavy (non-hydrogen) atoms. The second-order valence-corrected chi connectivity index (χ2v) is 9.40. The van der Waals surface area contributed by atoms with E-state index in [0.717, 1.165) is 11.3 Å². The lowest BCUT2D eigenvalue weighted by Gasteiger charge is -2.20. The summed E-state index contributed by atoms with van der Waals surface area (Å²) in [6.07, 6.45) is 3.18. The van der Waals surface area contributed by atoms with Gasteiger partial charge in [-0.1, -0.05) is 20.8 Å². The molecule has 2 aromatic heterocycles. The Morgan fingerprint density at radius 3 is 2.48 bits per heavy atom. The fourth-order valence-corrected chi connectivity index (χ4v) is 4.07. The van der Waals surface area contributed by atoms with Gasteiger partial charge >= 0.3 is 0 Å². The van der Waals surface area contributed by atoms with Crippen molar-refractivity contribution < 1.29 is 13.6 Å². The van der Waals surface area contributed by atoms with E-state index in [-0.39, 0.29) is 22.4 Å². The average molecular weight is 451 g/mol. The van der Waals surface area contributed by atoms with E-state index in [2.05, 4.69) is 15.3 Å². The molecule has 0 radical (unpaired) electrons. The van der Waals surface area contributed by atoms with Crippen LogP contribution in [0.1, 0.15) is 67.8 Å². The minimum atomic E-state index is -0.555. The number of hydrogen-bond acceptors (Lipinski definition) is 4. The van der Waals surface area contributed by atoms with Crippen LogP contribution in [0.4, 0.5) is 14.6 Å². The Hall–Kier alpha value is -3.35. The lowest BCUT2D eigenvalue weighted by molar-refractivity contribution is 0.0787. The molecule has 1 N–H and O–H groups in total. The Morgan fingerprint density at radius 2 is 1.79 bits per heavy atom. The maximum atomic E-state index is 15.2. The predicted octanol–water partition coefficient (Wildman–Crippen LogP) is 5.87. The van der Waals surface area contributed by atoms with Gasteiger partial charge in [-0.15, -0.1) is 0 Å². The Morgan fingerprint density at radius 1 is 1.06 bits per heavy atom. The van der Waals surface area contributed by atoms with Crippen molar-refractivity contribution in [3.05, 3.63) is 76.7 Å². The van der Waals surface area contributed by atoms with Crippen LogP contribution in [0.15, 0.2) is 42.7 Å². The molecule has 1 amide bonds. The molecule has 0 aliphatic carbocycles. The number of hydrogen-bond donors (Lipinski definition) is 1. The molecule has 7 heteroatoms. The zero-order chi connectivity index (χ0) is 23.9. The zero-order valence-corrected chi connectivity index (χ0v) is 19.5. The number of carbonyl (C=O) groups excluding carboxylic acids is 1. The van der Waals surface area contributed by atoms with Crippen LogP contribution in [-0.4, -0.2) is 27.3 Å². The van der Waals surface area contributed by atoms with Gasteiger partial charge in [-0.2, -0.15) is 0 Å². The Bertz CT molecular complexity index is 1220. The van der Waals surface area contributed by atoms with Gasteiger partial charge in [0.15, 0.2) is 0 Å². The summed E-state index contributed by atoms with van der Waals surface area (Å²) in [5.41, 5.74) is 2.94. The molecule has 172 valence electrons. The number of fused-ring (bicyclic) bond motifs is 1. The number of nitrogens with zero attached hydrogens (tertiary/aromatic N) is 3. The number of benzene rings is 1. The van der Waals surface area contributed by atoms with Gasteiger partial charge in [-0.3, -0.25) is 9.78 Å². The number of aromatic nitrogens is 2. The molecule has 0 saturated heterocycles. The molecule has 4 rings (SSSR count). The highest BCUT2D eigenvalue weighted by molar-refractivity contribution is 5.99. The molecule has 0 fully saturated rings. The smallest absolute Gasteiger partial charge is 0.254 e. The Balaban J connectivity index is 1.64. The largest absolute Gasteiger partial charge is 0.363 e. The Kier molecular flexibility index (Phi) is 5.91. The molecule has 1 atom stereocenters. The summed E-state index contributed by atoms with van der Waals surface area (Å²) in [5.74, 6) is -0.555. The molecule has 1 unspecified atom stereocenters. The fourth-order valence-electron chi connectivity index (χ4n) is 4.07. The van der Waals surface area contributed by atoms with Gasteiger partial charge in [0, 0.05) is 52.3 Å². The van der Waals surface area contributed by atoms with Crippen molar-refractivity contribution in [2.24, 2.45) is 0 Å². The van der Waals surface area contributed by atoms with E-state index in [1.165, 1.54) is 12.1 Å². The molecule has 0 saturated carbocycles. The van der Waals surface area contributed by atoms with Gasteiger partial charge in [0.2, 0.25) is 0 Å². The van der Waals surface area contributed by atoms with Gasteiger partial charge < -0.3 is 10.2 Å². The van der Waals surface area contributed by atoms with Crippen molar-refractivity contribution in [2.75, 3.05) is 11.9 Å². The fraction of sp³-hybridized carbons (Fsp3) is 0.346. The number of rotatable bonds is 5. The number of pyridine rings is 2. The van der Waals surface area contributed by atoms with Crippen molar-refractivity contribution >= 4 is 11.7 Å². The van der Waals surface area contributed by atoms with Gasteiger partial charge in [-0.05, 0) is 49.7 Å². The van der Waals surface area contributed by atoms with E-state index in [4.69, 9.17) is 0 Å². The maximum absolute atomic E-state index is 15.2. The molecule has 1 aliphatic heterocycles. The lowest BCUT2D eigenvalue weighted by Crippen LogP contribution is -2.22. The zero-order valence-electron chi connectivity index (χ0n) is 19.5. The van der Waals surface area contributed by atoms with E-state index in [0.29, 0.717) is 30.0 Å². The summed E-state index contributed by atoms with van der Waals surface area (Å²) < 4.78 is 30.3. The van der Waals surface area contributed by atoms with Crippen LogP contribution in [0.3, 0.4) is 0 Å². The standard InChI is InChI=1S/C26H28F2N4O/c1-6-32-14-20-17(25(32)33)8-10-30-24(20)31-15(2)18-12-22(28)19(13-21(18)27)16-7-9-29-23(11-16)26(3,4)5/h7-13,15H,6,14H2,1-5H3,(H,30,31). The van der Waals surface area contributed by atoms with Crippen LogP contribution >= 0.6 is 0 Å². The van der Waals surface area contributed by atoms with E-state index in [1.807, 2.05) is 27.7 Å². The van der Waals surface area contributed by atoms with Crippen molar-refractivity contribution in [1.82, 2.24) is 14.9 Å². The first kappa shape index (κ1) is 22.8. The van der Waals surface area contributed by atoms with E-state index in [9.17, 15) is 4.79 Å². The van der Waals surface area contributed by atoms with Crippen molar-refractivity contribution in [3.8, 4) is 11.1 Å². The maximum Gasteiger partial charge on any atom is 0.254 e. The lowest BCUT2D eigenvalue weighted by atomic mass is 9.89. The van der Waals surface area contributed by atoms with Crippen LogP contribution in [0.25, 0.3) is 11.1 Å². The summed E-state index contributed by atoms with van der Waals surface area (Å²) in [5, 5.41) is 3.17. The second-order valence-electron chi connectivity index (χ2n) is 9.40. The molecular weight excluding hydrogens is 422 g/mol. The third kappa shape index (κ3) is 4.32. The van der Waals surface area contributed by atoms with Gasteiger partial charge in [0.1, 0.15) is 17.5 Å². The SMILES string of the molecule is CCN1Cc2c(ccnc2NC(C)c2cc(F)c(-c3ccnc(C(C)(C)C)c3)cc2F)C1=O. The topological polar surface area (TPSA) is 58.1 Å². The van der Waals surface area contributed by atoms with E-state index in [1.54, 1.807) is 42.4 Å². The number of halogens is 2. The molecule has 3 aromatic rings. The van der Waals surface area contributed by atoms with Gasteiger partial charge in [0.05, 0.1) is 12.6 Å².